The number of aromatic nitrogens is 1. The lowest BCUT2D eigenvalue weighted by Gasteiger charge is -2.08. The molecule has 0 saturated heterocycles. The van der Waals surface area contributed by atoms with Gasteiger partial charge in [-0.1, -0.05) is 11.6 Å². The first-order chi connectivity index (χ1) is 8.69. The number of rotatable bonds is 4. The minimum atomic E-state index is -0.428. The summed E-state index contributed by atoms with van der Waals surface area (Å²) in [7, 11) is 0. The summed E-state index contributed by atoms with van der Waals surface area (Å²) in [6.45, 7) is 0.132. The first kappa shape index (κ1) is 12.5. The van der Waals surface area contributed by atoms with E-state index in [-0.39, 0.29) is 6.61 Å². The number of nitrogens with zero attached hydrogens (tertiary/aromatic N) is 1. The molecule has 1 heterocycles. The van der Waals surface area contributed by atoms with Gasteiger partial charge in [0.15, 0.2) is 6.29 Å². The molecule has 92 valence electrons. The third-order valence-corrected chi connectivity index (χ3v) is 2.49. The highest BCUT2D eigenvalue weighted by molar-refractivity contribution is 6.30. The minimum absolute atomic E-state index is 0.132. The lowest BCUT2D eigenvalue weighted by molar-refractivity contribution is 0.111. The van der Waals surface area contributed by atoms with Crippen molar-refractivity contribution in [2.45, 2.75) is 6.61 Å². The first-order valence-electron chi connectivity index (χ1n) is 5.16. The van der Waals surface area contributed by atoms with Gasteiger partial charge in [-0.25, -0.2) is 4.39 Å². The molecule has 1 aromatic carbocycles. The average molecular weight is 266 g/mol. The van der Waals surface area contributed by atoms with E-state index in [4.69, 9.17) is 16.3 Å². The first-order valence-corrected chi connectivity index (χ1v) is 5.54. The van der Waals surface area contributed by atoms with Gasteiger partial charge in [0.25, 0.3) is 0 Å². The van der Waals surface area contributed by atoms with Gasteiger partial charge >= 0.3 is 0 Å². The van der Waals surface area contributed by atoms with E-state index in [2.05, 4.69) is 4.98 Å². The van der Waals surface area contributed by atoms with Gasteiger partial charge in [0.2, 0.25) is 0 Å². The van der Waals surface area contributed by atoms with E-state index in [0.717, 1.165) is 6.20 Å². The molecule has 0 spiro atoms. The van der Waals surface area contributed by atoms with Crippen LogP contribution in [-0.2, 0) is 6.61 Å². The van der Waals surface area contributed by atoms with Crippen molar-refractivity contribution in [1.29, 1.82) is 0 Å². The summed E-state index contributed by atoms with van der Waals surface area (Å²) in [4.78, 5) is 14.5. The Morgan fingerprint density at radius 2 is 2.17 bits per heavy atom. The van der Waals surface area contributed by atoms with Crippen molar-refractivity contribution in [2.75, 3.05) is 0 Å². The molecule has 0 aliphatic carbocycles. The Morgan fingerprint density at radius 1 is 1.33 bits per heavy atom. The summed E-state index contributed by atoms with van der Waals surface area (Å²) in [6, 6.07) is 6.05. The van der Waals surface area contributed by atoms with Crippen molar-refractivity contribution >= 4 is 17.9 Å². The smallest absolute Gasteiger partial charge is 0.153 e. The van der Waals surface area contributed by atoms with Crippen LogP contribution in [-0.4, -0.2) is 11.3 Å². The molecule has 0 fully saturated rings. The van der Waals surface area contributed by atoms with Crippen molar-refractivity contribution in [3.05, 3.63) is 58.6 Å². The molecule has 0 N–H and O–H groups in total. The molecule has 0 aliphatic heterocycles. The second kappa shape index (κ2) is 5.60. The van der Waals surface area contributed by atoms with Crippen LogP contribution in [0.3, 0.4) is 0 Å². The highest BCUT2D eigenvalue weighted by Crippen LogP contribution is 2.22. The normalized spacial score (nSPS) is 10.1. The molecule has 0 saturated carbocycles. The largest absolute Gasteiger partial charge is 0.488 e. The Bertz CT molecular complexity index is 575. The molecule has 3 nitrogen and oxygen atoms in total. The summed E-state index contributed by atoms with van der Waals surface area (Å²) in [5.74, 6) is -0.0264. The fourth-order valence-electron chi connectivity index (χ4n) is 1.44. The number of ether oxygens (including phenoxy) is 1. The van der Waals surface area contributed by atoms with Crippen molar-refractivity contribution in [3.8, 4) is 5.75 Å². The van der Waals surface area contributed by atoms with Crippen molar-refractivity contribution in [1.82, 2.24) is 4.98 Å². The van der Waals surface area contributed by atoms with Crippen molar-refractivity contribution < 1.29 is 13.9 Å². The van der Waals surface area contributed by atoms with Gasteiger partial charge in [0.1, 0.15) is 18.2 Å². The lowest BCUT2D eigenvalue weighted by atomic mass is 10.2. The molecule has 0 radical (unpaired) electrons. The maximum Gasteiger partial charge on any atom is 0.153 e. The highest BCUT2D eigenvalue weighted by atomic mass is 35.5. The van der Waals surface area contributed by atoms with Crippen LogP contribution in [0.25, 0.3) is 0 Å². The monoisotopic (exact) mass is 265 g/mol. The fraction of sp³-hybridized carbons (Fsp3) is 0.0769. The molecule has 0 unspecified atom stereocenters. The van der Waals surface area contributed by atoms with E-state index in [1.54, 1.807) is 12.1 Å². The Labute approximate surface area is 108 Å². The molecule has 18 heavy (non-hydrogen) atoms. The van der Waals surface area contributed by atoms with Gasteiger partial charge in [-0.3, -0.25) is 9.78 Å². The predicted octanol–water partition coefficient (Wildman–Crippen LogP) is 3.27. The lowest BCUT2D eigenvalue weighted by Crippen LogP contribution is -1.99. The van der Waals surface area contributed by atoms with Crippen LogP contribution in [0.4, 0.5) is 4.39 Å². The zero-order chi connectivity index (χ0) is 13.0. The third kappa shape index (κ3) is 3.05. The van der Waals surface area contributed by atoms with E-state index < -0.39 is 5.82 Å². The fourth-order valence-corrected chi connectivity index (χ4v) is 1.62. The highest BCUT2D eigenvalue weighted by Gasteiger charge is 2.05. The molecule has 0 amide bonds. The number of hydrogen-bond acceptors (Lipinski definition) is 3. The molecule has 5 heteroatoms. The number of hydrogen-bond donors (Lipinski definition) is 0. The van der Waals surface area contributed by atoms with Crippen LogP contribution in [0.5, 0.6) is 5.75 Å². The van der Waals surface area contributed by atoms with Crippen LogP contribution >= 0.6 is 11.6 Å². The Morgan fingerprint density at radius 3 is 2.89 bits per heavy atom. The number of pyridine rings is 1. The van der Waals surface area contributed by atoms with Gasteiger partial charge in [-0.2, -0.15) is 0 Å². The third-order valence-electron chi connectivity index (χ3n) is 2.25. The Hall–Kier alpha value is -1.94. The number of halogens is 2. The number of aldehydes is 1. The summed E-state index contributed by atoms with van der Waals surface area (Å²) in [6.07, 6.45) is 3.27. The van der Waals surface area contributed by atoms with E-state index >= 15 is 0 Å². The number of carbonyl (C=O) groups excluding carboxylic acids is 1. The Kier molecular flexibility index (Phi) is 3.89. The number of carbonyl (C=O) groups is 1. The van der Waals surface area contributed by atoms with Gasteiger partial charge in [0.05, 0.1) is 11.8 Å². The molecular weight excluding hydrogens is 257 g/mol. The minimum Gasteiger partial charge on any atom is -0.488 e. The maximum absolute atomic E-state index is 12.9. The molecule has 1 aromatic heterocycles. The summed E-state index contributed by atoms with van der Waals surface area (Å²) in [5.41, 5.74) is 0.939. The molecule has 0 bridgehead atoms. The predicted molar refractivity (Wildman–Crippen MR) is 65.4 cm³/mol. The summed E-state index contributed by atoms with van der Waals surface area (Å²) < 4.78 is 18.3. The van der Waals surface area contributed by atoms with Crippen LogP contribution < -0.4 is 4.74 Å². The van der Waals surface area contributed by atoms with E-state index in [9.17, 15) is 9.18 Å². The van der Waals surface area contributed by atoms with Gasteiger partial charge < -0.3 is 4.74 Å². The second-order valence-corrected chi connectivity index (χ2v) is 4.04. The van der Waals surface area contributed by atoms with Gasteiger partial charge in [0, 0.05) is 16.8 Å². The zero-order valence-corrected chi connectivity index (χ0v) is 10.0. The van der Waals surface area contributed by atoms with Gasteiger partial charge in [-0.15, -0.1) is 0 Å². The molecule has 0 atom stereocenters. The molecule has 0 aliphatic rings. The molecular formula is C13H9ClFNO2. The van der Waals surface area contributed by atoms with E-state index in [0.29, 0.717) is 28.2 Å². The van der Waals surface area contributed by atoms with E-state index in [1.807, 2.05) is 0 Å². The van der Waals surface area contributed by atoms with Crippen LogP contribution in [0.1, 0.15) is 15.9 Å². The summed E-state index contributed by atoms with van der Waals surface area (Å²) in [5, 5.41) is 0.455. The van der Waals surface area contributed by atoms with Crippen LogP contribution in [0.15, 0.2) is 36.7 Å². The van der Waals surface area contributed by atoms with Gasteiger partial charge in [-0.05, 0) is 24.3 Å². The van der Waals surface area contributed by atoms with Crippen LogP contribution in [0, 0.1) is 5.82 Å². The second-order valence-electron chi connectivity index (χ2n) is 3.60. The average Bonchev–Trinajstić information content (AvgIpc) is 2.37. The Balaban J connectivity index is 2.13. The summed E-state index contributed by atoms with van der Waals surface area (Å²) >= 11 is 5.76. The quantitative estimate of drug-likeness (QED) is 0.797. The van der Waals surface area contributed by atoms with Crippen molar-refractivity contribution in [3.63, 3.8) is 0 Å². The molecule has 2 rings (SSSR count). The topological polar surface area (TPSA) is 39.2 Å². The standard InChI is InChI=1S/C13H9ClFNO2/c14-11-1-2-13(10(4-11)7-17)18-8-9-3-12(15)6-16-5-9/h1-7H,8H2. The molecule has 2 aromatic rings. The zero-order valence-electron chi connectivity index (χ0n) is 9.27. The SMILES string of the molecule is O=Cc1cc(Cl)ccc1OCc1cncc(F)c1. The van der Waals surface area contributed by atoms with E-state index in [1.165, 1.54) is 18.3 Å². The number of benzene rings is 1. The van der Waals surface area contributed by atoms with Crippen LogP contribution in [0.2, 0.25) is 5.02 Å². The maximum atomic E-state index is 12.9. The van der Waals surface area contributed by atoms with Crippen molar-refractivity contribution in [2.24, 2.45) is 0 Å².